The minimum atomic E-state index is 0. The molecule has 2 aromatic rings. The number of halogens is 1. The summed E-state index contributed by atoms with van der Waals surface area (Å²) in [5.74, 6) is 0. The van der Waals surface area contributed by atoms with Crippen molar-refractivity contribution in [2.45, 2.75) is 64.8 Å². The molecule has 0 unspecified atom stereocenters. The standard InChI is InChI=1S/C19H26N2.HI/c1-2-3-4-5-8-14-21-17-12-7-6-10-15(17)19(20)16-11-9-13-18(16)21;/h6-7,10,12,20H,2-5,8-9,11,13-14H2,1H3;1H. The summed E-state index contributed by atoms with van der Waals surface area (Å²) in [6.45, 7) is 3.38. The Morgan fingerprint density at radius 1 is 1.05 bits per heavy atom. The van der Waals surface area contributed by atoms with Crippen LogP contribution in [0.1, 0.15) is 56.7 Å². The van der Waals surface area contributed by atoms with Gasteiger partial charge in [-0.3, -0.25) is 5.41 Å². The van der Waals surface area contributed by atoms with E-state index in [4.69, 9.17) is 5.41 Å². The molecule has 1 aromatic heterocycles. The largest absolute Gasteiger partial charge is 0.344 e. The van der Waals surface area contributed by atoms with Crippen LogP contribution in [0.15, 0.2) is 24.3 Å². The van der Waals surface area contributed by atoms with Gasteiger partial charge >= 0.3 is 0 Å². The summed E-state index contributed by atoms with van der Waals surface area (Å²) in [5, 5.41) is 10.4. The van der Waals surface area contributed by atoms with Gasteiger partial charge in [-0.2, -0.15) is 0 Å². The molecule has 0 radical (unpaired) electrons. The highest BCUT2D eigenvalue weighted by atomic mass is 127. The van der Waals surface area contributed by atoms with Gasteiger partial charge in [0.2, 0.25) is 0 Å². The zero-order chi connectivity index (χ0) is 14.7. The Bertz CT molecular complexity index is 688. The van der Waals surface area contributed by atoms with Gasteiger partial charge < -0.3 is 4.57 Å². The molecule has 0 amide bonds. The molecule has 1 heterocycles. The normalized spacial score (nSPS) is 13.1. The van der Waals surface area contributed by atoms with Crippen LogP contribution in [0.25, 0.3) is 10.9 Å². The van der Waals surface area contributed by atoms with Crippen LogP contribution < -0.4 is 5.36 Å². The number of rotatable bonds is 6. The van der Waals surface area contributed by atoms with Gasteiger partial charge in [0.25, 0.3) is 0 Å². The minimum Gasteiger partial charge on any atom is -0.344 e. The topological polar surface area (TPSA) is 28.8 Å². The molecule has 0 spiro atoms. The number of aryl methyl sites for hydroxylation is 1. The van der Waals surface area contributed by atoms with Gasteiger partial charge in [0, 0.05) is 17.6 Å². The Kier molecular flexibility index (Phi) is 6.48. The number of fused-ring (bicyclic) bond motifs is 2. The van der Waals surface area contributed by atoms with Crippen LogP contribution in [-0.4, -0.2) is 4.57 Å². The molecule has 2 nitrogen and oxygen atoms in total. The molecular formula is C19H27IN2. The van der Waals surface area contributed by atoms with E-state index in [-0.39, 0.29) is 24.0 Å². The summed E-state index contributed by atoms with van der Waals surface area (Å²) < 4.78 is 2.52. The van der Waals surface area contributed by atoms with E-state index in [2.05, 4.69) is 35.8 Å². The van der Waals surface area contributed by atoms with E-state index in [0.717, 1.165) is 30.1 Å². The highest BCUT2D eigenvalue weighted by molar-refractivity contribution is 14.0. The fraction of sp³-hybridized carbons (Fsp3) is 0.526. The van der Waals surface area contributed by atoms with Gasteiger partial charge in [0.1, 0.15) is 0 Å². The number of benzene rings is 1. The Labute approximate surface area is 150 Å². The van der Waals surface area contributed by atoms with Crippen LogP contribution >= 0.6 is 24.0 Å². The molecule has 120 valence electrons. The second-order valence-corrected chi connectivity index (χ2v) is 6.24. The molecule has 0 saturated carbocycles. The Hall–Kier alpha value is -0.840. The lowest BCUT2D eigenvalue weighted by Gasteiger charge is -2.17. The number of hydrogen-bond acceptors (Lipinski definition) is 1. The fourth-order valence-corrected chi connectivity index (χ4v) is 3.65. The summed E-state index contributed by atoms with van der Waals surface area (Å²) >= 11 is 0. The molecule has 1 aliphatic rings. The molecule has 22 heavy (non-hydrogen) atoms. The molecule has 0 fully saturated rings. The average Bonchev–Trinajstić information content (AvgIpc) is 3.00. The summed E-state index contributed by atoms with van der Waals surface area (Å²) in [6, 6.07) is 8.48. The van der Waals surface area contributed by atoms with Crippen molar-refractivity contribution in [2.24, 2.45) is 0 Å². The Morgan fingerprint density at radius 3 is 2.64 bits per heavy atom. The molecule has 3 rings (SSSR count). The van der Waals surface area contributed by atoms with Crippen LogP contribution in [-0.2, 0) is 19.4 Å². The Balaban J connectivity index is 0.00000176. The number of unbranched alkanes of at least 4 members (excludes halogenated alkanes) is 4. The van der Waals surface area contributed by atoms with Gasteiger partial charge in [-0.15, -0.1) is 24.0 Å². The van der Waals surface area contributed by atoms with E-state index >= 15 is 0 Å². The molecule has 0 atom stereocenters. The minimum absolute atomic E-state index is 0. The van der Waals surface area contributed by atoms with Crippen molar-refractivity contribution in [1.29, 1.82) is 5.41 Å². The van der Waals surface area contributed by atoms with Gasteiger partial charge in [0.05, 0.1) is 10.9 Å². The first-order valence-electron chi connectivity index (χ1n) is 8.51. The number of aromatic nitrogens is 1. The monoisotopic (exact) mass is 410 g/mol. The Morgan fingerprint density at radius 2 is 1.82 bits per heavy atom. The van der Waals surface area contributed by atoms with E-state index in [0.29, 0.717) is 0 Å². The highest BCUT2D eigenvalue weighted by Crippen LogP contribution is 2.24. The third kappa shape index (κ3) is 3.39. The average molecular weight is 410 g/mol. The first kappa shape index (κ1) is 17.5. The lowest BCUT2D eigenvalue weighted by atomic mass is 10.1. The third-order valence-electron chi connectivity index (χ3n) is 4.77. The van der Waals surface area contributed by atoms with Crippen LogP contribution in [0.2, 0.25) is 0 Å². The molecule has 0 aliphatic heterocycles. The second-order valence-electron chi connectivity index (χ2n) is 6.24. The fourth-order valence-electron chi connectivity index (χ4n) is 3.65. The van der Waals surface area contributed by atoms with Gasteiger partial charge in [-0.1, -0.05) is 50.8 Å². The first-order chi connectivity index (χ1) is 10.3. The number of pyridine rings is 1. The van der Waals surface area contributed by atoms with Gasteiger partial charge in [-0.25, -0.2) is 0 Å². The lowest BCUT2D eigenvalue weighted by molar-refractivity contribution is 0.565. The maximum Gasteiger partial charge on any atom is 0.0682 e. The van der Waals surface area contributed by atoms with Crippen molar-refractivity contribution in [3.05, 3.63) is 40.9 Å². The van der Waals surface area contributed by atoms with Crippen molar-refractivity contribution in [3.63, 3.8) is 0 Å². The quantitative estimate of drug-likeness (QED) is 0.501. The number of para-hydroxylation sites is 1. The predicted octanol–water partition coefficient (Wildman–Crippen LogP) is 5.20. The van der Waals surface area contributed by atoms with Crippen LogP contribution in [0.4, 0.5) is 0 Å². The van der Waals surface area contributed by atoms with Crippen LogP contribution in [0.5, 0.6) is 0 Å². The summed E-state index contributed by atoms with van der Waals surface area (Å²) in [7, 11) is 0. The van der Waals surface area contributed by atoms with Crippen molar-refractivity contribution in [2.75, 3.05) is 0 Å². The smallest absolute Gasteiger partial charge is 0.0682 e. The molecular weight excluding hydrogens is 383 g/mol. The molecule has 3 heteroatoms. The van der Waals surface area contributed by atoms with Crippen molar-refractivity contribution >= 4 is 34.9 Å². The molecule has 1 N–H and O–H groups in total. The lowest BCUT2D eigenvalue weighted by Crippen LogP contribution is -2.17. The number of nitrogens with one attached hydrogen (secondary N) is 1. The predicted molar refractivity (Wildman–Crippen MR) is 104 cm³/mol. The highest BCUT2D eigenvalue weighted by Gasteiger charge is 2.18. The summed E-state index contributed by atoms with van der Waals surface area (Å²) in [4.78, 5) is 0. The van der Waals surface area contributed by atoms with E-state index < -0.39 is 0 Å². The molecule has 0 saturated heterocycles. The molecule has 1 aromatic carbocycles. The summed E-state index contributed by atoms with van der Waals surface area (Å²) in [5.41, 5.74) is 4.01. The van der Waals surface area contributed by atoms with Crippen molar-refractivity contribution in [1.82, 2.24) is 4.57 Å². The van der Waals surface area contributed by atoms with Crippen molar-refractivity contribution < 1.29 is 0 Å². The van der Waals surface area contributed by atoms with E-state index in [1.54, 1.807) is 0 Å². The number of nitrogens with zero attached hydrogens (tertiary/aromatic N) is 1. The van der Waals surface area contributed by atoms with E-state index in [9.17, 15) is 0 Å². The van der Waals surface area contributed by atoms with Crippen LogP contribution in [0.3, 0.4) is 0 Å². The van der Waals surface area contributed by atoms with E-state index in [1.807, 2.05) is 0 Å². The van der Waals surface area contributed by atoms with Gasteiger partial charge in [-0.05, 0) is 37.3 Å². The molecule has 1 aliphatic carbocycles. The number of hydrogen-bond donors (Lipinski definition) is 1. The zero-order valence-corrected chi connectivity index (χ0v) is 15.9. The summed E-state index contributed by atoms with van der Waals surface area (Å²) in [6.07, 6.45) is 10.1. The van der Waals surface area contributed by atoms with Crippen LogP contribution in [0, 0.1) is 5.41 Å². The third-order valence-corrected chi connectivity index (χ3v) is 4.77. The first-order valence-corrected chi connectivity index (χ1v) is 8.51. The zero-order valence-electron chi connectivity index (χ0n) is 13.5. The second kappa shape index (κ2) is 8.14. The van der Waals surface area contributed by atoms with Gasteiger partial charge in [0.15, 0.2) is 0 Å². The molecule has 0 bridgehead atoms. The maximum absolute atomic E-state index is 8.47. The maximum atomic E-state index is 8.47. The van der Waals surface area contributed by atoms with Crippen molar-refractivity contribution in [3.8, 4) is 0 Å². The van der Waals surface area contributed by atoms with E-state index in [1.165, 1.54) is 55.3 Å². The SMILES string of the molecule is CCCCCCCn1c2c(c(=N)c3ccccc31)CCC2.I.